The Morgan fingerprint density at radius 3 is 2.82 bits per heavy atom. The second kappa shape index (κ2) is 7.34. The van der Waals surface area contributed by atoms with Crippen molar-refractivity contribution in [1.29, 1.82) is 5.26 Å². The monoisotopic (exact) mass is 305 g/mol. The molecule has 22 heavy (non-hydrogen) atoms. The second-order valence-corrected chi connectivity index (χ2v) is 5.70. The molecular weight excluding hydrogens is 285 g/mol. The fraction of sp³-hybridized carbons (Fsp3) is 0.500. The van der Waals surface area contributed by atoms with Gasteiger partial charge in [0.2, 0.25) is 5.91 Å². The topological polar surface area (TPSA) is 67.6 Å². The summed E-state index contributed by atoms with van der Waals surface area (Å²) >= 11 is 0. The summed E-state index contributed by atoms with van der Waals surface area (Å²) in [6, 6.07) is 6.07. The van der Waals surface area contributed by atoms with E-state index >= 15 is 0 Å². The fourth-order valence-corrected chi connectivity index (χ4v) is 2.58. The highest BCUT2D eigenvalue weighted by Gasteiger charge is 2.22. The normalized spacial score (nSPS) is 15.9. The lowest BCUT2D eigenvalue weighted by atomic mass is 10.1. The predicted molar refractivity (Wildman–Crippen MR) is 79.3 cm³/mol. The predicted octanol–water partition coefficient (Wildman–Crippen LogP) is 1.11. The SMILES string of the molecule is CN(CC(=O)N1CCC(O)CC1)Cc1ccc(F)cc1C#N. The van der Waals surface area contributed by atoms with Crippen molar-refractivity contribution in [2.75, 3.05) is 26.7 Å². The van der Waals surface area contributed by atoms with E-state index in [-0.39, 0.29) is 18.6 Å². The Kier molecular flexibility index (Phi) is 5.47. The number of likely N-dealkylation sites (N-methyl/N-ethyl adjacent to an activating group) is 1. The molecule has 0 aromatic heterocycles. The molecule has 1 aliphatic rings. The second-order valence-electron chi connectivity index (χ2n) is 5.70. The molecule has 2 rings (SSSR count). The van der Waals surface area contributed by atoms with E-state index in [9.17, 15) is 14.3 Å². The molecule has 1 aliphatic heterocycles. The van der Waals surface area contributed by atoms with E-state index in [1.165, 1.54) is 12.1 Å². The summed E-state index contributed by atoms with van der Waals surface area (Å²) in [6.45, 7) is 1.80. The molecule has 0 spiro atoms. The highest BCUT2D eigenvalue weighted by molar-refractivity contribution is 5.78. The molecule has 1 aromatic rings. The average molecular weight is 305 g/mol. The number of aliphatic hydroxyl groups excluding tert-OH is 1. The van der Waals surface area contributed by atoms with Crippen LogP contribution < -0.4 is 0 Å². The molecule has 1 amide bonds. The van der Waals surface area contributed by atoms with Crippen molar-refractivity contribution in [3.05, 3.63) is 35.1 Å². The van der Waals surface area contributed by atoms with Crippen LogP contribution in [0, 0.1) is 17.1 Å². The first-order chi connectivity index (χ1) is 10.5. The molecule has 0 radical (unpaired) electrons. The third-order valence-corrected chi connectivity index (χ3v) is 3.85. The maximum absolute atomic E-state index is 13.1. The Balaban J connectivity index is 1.91. The Hall–Kier alpha value is -1.97. The van der Waals surface area contributed by atoms with Crippen LogP contribution in [0.4, 0.5) is 4.39 Å². The van der Waals surface area contributed by atoms with Gasteiger partial charge in [0, 0.05) is 19.6 Å². The molecule has 0 unspecified atom stereocenters. The van der Waals surface area contributed by atoms with Gasteiger partial charge in [-0.05, 0) is 37.6 Å². The summed E-state index contributed by atoms with van der Waals surface area (Å²) < 4.78 is 13.1. The number of hydrogen-bond acceptors (Lipinski definition) is 4. The smallest absolute Gasteiger partial charge is 0.236 e. The van der Waals surface area contributed by atoms with E-state index in [1.807, 2.05) is 6.07 Å². The van der Waals surface area contributed by atoms with Crippen LogP contribution in [0.5, 0.6) is 0 Å². The number of piperidine rings is 1. The number of nitriles is 1. The molecule has 0 bridgehead atoms. The van der Waals surface area contributed by atoms with Gasteiger partial charge >= 0.3 is 0 Å². The first kappa shape index (κ1) is 16.4. The minimum absolute atomic E-state index is 0.00928. The van der Waals surface area contributed by atoms with Crippen LogP contribution in [0.1, 0.15) is 24.0 Å². The van der Waals surface area contributed by atoms with Crippen molar-refractivity contribution in [3.63, 3.8) is 0 Å². The van der Waals surface area contributed by atoms with Gasteiger partial charge in [0.1, 0.15) is 5.82 Å². The van der Waals surface area contributed by atoms with E-state index in [1.54, 1.807) is 22.9 Å². The largest absolute Gasteiger partial charge is 0.393 e. The van der Waals surface area contributed by atoms with E-state index in [2.05, 4.69) is 0 Å². The van der Waals surface area contributed by atoms with Crippen LogP contribution in [0.2, 0.25) is 0 Å². The third-order valence-electron chi connectivity index (χ3n) is 3.85. The van der Waals surface area contributed by atoms with Gasteiger partial charge in [-0.1, -0.05) is 6.07 Å². The lowest BCUT2D eigenvalue weighted by molar-refractivity contribution is -0.134. The van der Waals surface area contributed by atoms with Crippen LogP contribution in [0.15, 0.2) is 18.2 Å². The van der Waals surface area contributed by atoms with Crippen molar-refractivity contribution in [2.24, 2.45) is 0 Å². The van der Waals surface area contributed by atoms with Crippen molar-refractivity contribution in [1.82, 2.24) is 9.80 Å². The number of hydrogen-bond donors (Lipinski definition) is 1. The number of amides is 1. The first-order valence-electron chi connectivity index (χ1n) is 7.32. The highest BCUT2D eigenvalue weighted by atomic mass is 19.1. The number of aliphatic hydroxyl groups is 1. The molecule has 118 valence electrons. The number of benzene rings is 1. The number of rotatable bonds is 4. The van der Waals surface area contributed by atoms with Gasteiger partial charge < -0.3 is 10.0 Å². The molecule has 0 atom stereocenters. The van der Waals surface area contributed by atoms with E-state index in [4.69, 9.17) is 5.26 Å². The van der Waals surface area contributed by atoms with Gasteiger partial charge in [0.05, 0.1) is 24.3 Å². The molecule has 5 nitrogen and oxygen atoms in total. The van der Waals surface area contributed by atoms with Crippen LogP contribution in [0.25, 0.3) is 0 Å². The minimum Gasteiger partial charge on any atom is -0.393 e. The molecule has 1 aromatic carbocycles. The molecule has 0 saturated carbocycles. The standard InChI is InChI=1S/C16H20FN3O2/c1-19(10-12-2-3-14(17)8-13(12)9-18)11-16(22)20-6-4-15(21)5-7-20/h2-3,8,15,21H,4-7,10-11H2,1H3. The molecule has 1 N–H and O–H groups in total. The third kappa shape index (κ3) is 4.26. The number of carbonyl (C=O) groups is 1. The summed E-state index contributed by atoms with van der Waals surface area (Å²) in [5.74, 6) is -0.430. The highest BCUT2D eigenvalue weighted by Crippen LogP contribution is 2.14. The van der Waals surface area contributed by atoms with Gasteiger partial charge in [-0.15, -0.1) is 0 Å². The maximum atomic E-state index is 13.1. The number of likely N-dealkylation sites (tertiary alicyclic amines) is 1. The fourth-order valence-electron chi connectivity index (χ4n) is 2.58. The molecule has 1 heterocycles. The van der Waals surface area contributed by atoms with Crippen molar-refractivity contribution in [2.45, 2.75) is 25.5 Å². The molecular formula is C16H20FN3O2. The summed E-state index contributed by atoms with van der Waals surface area (Å²) in [5.41, 5.74) is 0.994. The zero-order valence-corrected chi connectivity index (χ0v) is 12.6. The summed E-state index contributed by atoms with van der Waals surface area (Å²) in [5, 5.41) is 18.5. The van der Waals surface area contributed by atoms with Gasteiger partial charge in [-0.2, -0.15) is 5.26 Å². The first-order valence-corrected chi connectivity index (χ1v) is 7.32. The van der Waals surface area contributed by atoms with E-state index in [0.717, 1.165) is 0 Å². The minimum atomic E-state index is -0.439. The Morgan fingerprint density at radius 1 is 1.50 bits per heavy atom. The lowest BCUT2D eigenvalue weighted by Gasteiger charge is -2.31. The summed E-state index contributed by atoms with van der Waals surface area (Å²) in [4.78, 5) is 15.7. The van der Waals surface area contributed by atoms with Crippen molar-refractivity contribution in [3.8, 4) is 6.07 Å². The van der Waals surface area contributed by atoms with Crippen LogP contribution >= 0.6 is 0 Å². The van der Waals surface area contributed by atoms with Crippen molar-refractivity contribution < 1.29 is 14.3 Å². The molecule has 6 heteroatoms. The van der Waals surface area contributed by atoms with Crippen LogP contribution in [-0.4, -0.2) is 53.6 Å². The summed E-state index contributed by atoms with van der Waals surface area (Å²) in [7, 11) is 1.79. The quantitative estimate of drug-likeness (QED) is 0.905. The number of carbonyl (C=O) groups excluding carboxylic acids is 1. The number of nitrogens with zero attached hydrogens (tertiary/aromatic N) is 3. The molecule has 1 fully saturated rings. The van der Waals surface area contributed by atoms with Gasteiger partial charge in [-0.3, -0.25) is 9.69 Å². The average Bonchev–Trinajstić information content (AvgIpc) is 2.49. The zero-order valence-electron chi connectivity index (χ0n) is 12.6. The van der Waals surface area contributed by atoms with Crippen LogP contribution in [-0.2, 0) is 11.3 Å². The van der Waals surface area contributed by atoms with Gasteiger partial charge in [-0.25, -0.2) is 4.39 Å². The van der Waals surface area contributed by atoms with Crippen LogP contribution in [0.3, 0.4) is 0 Å². The van der Waals surface area contributed by atoms with Gasteiger partial charge in [0.15, 0.2) is 0 Å². The molecule has 0 aliphatic carbocycles. The Morgan fingerprint density at radius 2 is 2.18 bits per heavy atom. The Bertz CT molecular complexity index is 577. The molecule has 1 saturated heterocycles. The number of halogens is 1. The van der Waals surface area contributed by atoms with Gasteiger partial charge in [0.25, 0.3) is 0 Å². The van der Waals surface area contributed by atoms with E-state index in [0.29, 0.717) is 43.6 Å². The Labute approximate surface area is 129 Å². The lowest BCUT2D eigenvalue weighted by Crippen LogP contribution is -2.44. The maximum Gasteiger partial charge on any atom is 0.236 e. The summed E-state index contributed by atoms with van der Waals surface area (Å²) in [6.07, 6.45) is 0.928. The van der Waals surface area contributed by atoms with E-state index < -0.39 is 5.82 Å². The zero-order chi connectivity index (χ0) is 16.1. The van der Waals surface area contributed by atoms with Crippen molar-refractivity contribution >= 4 is 5.91 Å².